The van der Waals surface area contributed by atoms with Crippen molar-refractivity contribution in [3.63, 3.8) is 0 Å². The molecule has 6 nitrogen and oxygen atoms in total. The summed E-state index contributed by atoms with van der Waals surface area (Å²) in [5.41, 5.74) is 0.250. The average Bonchev–Trinajstić information content (AvgIpc) is 2.25. The van der Waals surface area contributed by atoms with E-state index in [0.717, 1.165) is 0 Å². The minimum Gasteiger partial charge on any atom is -0.481 e. The molecule has 92 valence electrons. The number of amides is 1. The van der Waals surface area contributed by atoms with Crippen LogP contribution in [0.25, 0.3) is 0 Å². The van der Waals surface area contributed by atoms with Crippen LogP contribution in [-0.2, 0) is 4.79 Å². The molecule has 0 bridgehead atoms. The number of pyridine rings is 1. The zero-order valence-electron chi connectivity index (χ0n) is 9.61. The molecular weight excluding hydrogens is 224 g/mol. The van der Waals surface area contributed by atoms with Gasteiger partial charge in [-0.25, -0.2) is 0 Å². The van der Waals surface area contributed by atoms with Gasteiger partial charge in [-0.1, -0.05) is 6.92 Å². The van der Waals surface area contributed by atoms with Gasteiger partial charge in [-0.15, -0.1) is 0 Å². The molecular formula is C11H14N2O4. The van der Waals surface area contributed by atoms with Crippen molar-refractivity contribution in [1.82, 2.24) is 10.3 Å². The lowest BCUT2D eigenvalue weighted by Crippen LogP contribution is -2.34. The van der Waals surface area contributed by atoms with Gasteiger partial charge >= 0.3 is 5.97 Å². The maximum absolute atomic E-state index is 11.6. The van der Waals surface area contributed by atoms with Gasteiger partial charge in [0.15, 0.2) is 5.43 Å². The third kappa shape index (κ3) is 3.44. The van der Waals surface area contributed by atoms with Crippen LogP contribution in [0.4, 0.5) is 0 Å². The topological polar surface area (TPSA) is 99.3 Å². The van der Waals surface area contributed by atoms with E-state index in [1.54, 1.807) is 6.92 Å². The Morgan fingerprint density at radius 3 is 2.71 bits per heavy atom. The molecule has 0 aliphatic rings. The molecule has 1 amide bonds. The molecule has 1 aromatic rings. The van der Waals surface area contributed by atoms with Crippen molar-refractivity contribution in [2.45, 2.75) is 13.8 Å². The molecule has 0 saturated heterocycles. The monoisotopic (exact) mass is 238 g/mol. The van der Waals surface area contributed by atoms with Gasteiger partial charge in [-0.05, 0) is 6.92 Å². The van der Waals surface area contributed by atoms with E-state index in [-0.39, 0.29) is 17.5 Å². The van der Waals surface area contributed by atoms with Gasteiger partial charge in [0.05, 0.1) is 5.92 Å². The predicted molar refractivity (Wildman–Crippen MR) is 60.9 cm³/mol. The SMILES string of the molecule is Cc1cc(=O)c(C(=O)NCC(C)C(=O)O)c[nH]1. The first-order valence-corrected chi connectivity index (χ1v) is 5.12. The Morgan fingerprint density at radius 1 is 1.53 bits per heavy atom. The number of rotatable bonds is 4. The molecule has 6 heteroatoms. The Balaban J connectivity index is 2.71. The van der Waals surface area contributed by atoms with E-state index in [1.807, 2.05) is 0 Å². The molecule has 0 radical (unpaired) electrons. The number of carbonyl (C=O) groups is 2. The number of aliphatic carboxylic acids is 1. The van der Waals surface area contributed by atoms with Crippen LogP contribution in [0.1, 0.15) is 23.0 Å². The van der Waals surface area contributed by atoms with Crippen LogP contribution in [-0.4, -0.2) is 28.5 Å². The fourth-order valence-corrected chi connectivity index (χ4v) is 1.18. The number of nitrogens with one attached hydrogen (secondary N) is 2. The first kappa shape index (κ1) is 13.0. The minimum absolute atomic E-state index is 0.0124. The molecule has 1 rings (SSSR count). The number of aromatic amines is 1. The Labute approximate surface area is 97.7 Å². The van der Waals surface area contributed by atoms with Crippen LogP contribution in [0.15, 0.2) is 17.1 Å². The van der Waals surface area contributed by atoms with Crippen LogP contribution in [0.5, 0.6) is 0 Å². The molecule has 1 aromatic heterocycles. The lowest BCUT2D eigenvalue weighted by molar-refractivity contribution is -0.140. The molecule has 0 saturated carbocycles. The molecule has 0 aliphatic heterocycles. The van der Waals surface area contributed by atoms with Gasteiger partial charge in [0.2, 0.25) is 0 Å². The summed E-state index contributed by atoms with van der Waals surface area (Å²) in [5.74, 6) is -2.26. The Hall–Kier alpha value is -2.11. The van der Waals surface area contributed by atoms with E-state index in [4.69, 9.17) is 5.11 Å². The fraction of sp³-hybridized carbons (Fsp3) is 0.364. The van der Waals surface area contributed by atoms with Crippen molar-refractivity contribution in [3.05, 3.63) is 33.7 Å². The van der Waals surface area contributed by atoms with Gasteiger partial charge in [0, 0.05) is 24.5 Å². The lowest BCUT2D eigenvalue weighted by atomic mass is 10.2. The zero-order valence-corrected chi connectivity index (χ0v) is 9.61. The average molecular weight is 238 g/mol. The van der Waals surface area contributed by atoms with Crippen LogP contribution < -0.4 is 10.7 Å². The maximum atomic E-state index is 11.6. The highest BCUT2D eigenvalue weighted by Gasteiger charge is 2.14. The number of aryl methyl sites for hydroxylation is 1. The fourth-order valence-electron chi connectivity index (χ4n) is 1.18. The molecule has 0 aromatic carbocycles. The van der Waals surface area contributed by atoms with E-state index in [2.05, 4.69) is 10.3 Å². The van der Waals surface area contributed by atoms with Gasteiger partial charge < -0.3 is 15.4 Å². The van der Waals surface area contributed by atoms with Crippen molar-refractivity contribution in [1.29, 1.82) is 0 Å². The summed E-state index contributed by atoms with van der Waals surface area (Å²) in [5, 5.41) is 11.0. The first-order valence-electron chi connectivity index (χ1n) is 5.12. The summed E-state index contributed by atoms with van der Waals surface area (Å²) in [6.45, 7) is 3.17. The van der Waals surface area contributed by atoms with E-state index >= 15 is 0 Å². The third-order valence-corrected chi connectivity index (χ3v) is 2.29. The summed E-state index contributed by atoms with van der Waals surface area (Å²) >= 11 is 0. The smallest absolute Gasteiger partial charge is 0.308 e. The number of carboxylic acid groups (broad SMARTS) is 1. The van der Waals surface area contributed by atoms with Crippen molar-refractivity contribution in [3.8, 4) is 0 Å². The molecule has 0 spiro atoms. The van der Waals surface area contributed by atoms with Crippen molar-refractivity contribution in [2.75, 3.05) is 6.54 Å². The second-order valence-corrected chi connectivity index (χ2v) is 3.84. The maximum Gasteiger partial charge on any atom is 0.308 e. The Morgan fingerprint density at radius 2 is 2.18 bits per heavy atom. The van der Waals surface area contributed by atoms with Gasteiger partial charge in [0.1, 0.15) is 5.56 Å². The largest absolute Gasteiger partial charge is 0.481 e. The molecule has 3 N–H and O–H groups in total. The number of hydrogen-bond acceptors (Lipinski definition) is 3. The Kier molecular flexibility index (Phi) is 4.03. The van der Waals surface area contributed by atoms with E-state index in [0.29, 0.717) is 5.69 Å². The Bertz CT molecular complexity index is 492. The van der Waals surface area contributed by atoms with Gasteiger partial charge in [-0.3, -0.25) is 14.4 Å². The summed E-state index contributed by atoms with van der Waals surface area (Å²) in [6, 6.07) is 1.32. The quantitative estimate of drug-likeness (QED) is 0.694. The number of aromatic nitrogens is 1. The highest BCUT2D eigenvalue weighted by atomic mass is 16.4. The summed E-state index contributed by atoms with van der Waals surface area (Å²) in [6.07, 6.45) is 1.32. The molecule has 0 fully saturated rings. The molecule has 1 atom stereocenters. The second-order valence-electron chi connectivity index (χ2n) is 3.84. The zero-order chi connectivity index (χ0) is 13.0. The van der Waals surface area contributed by atoms with Crippen LogP contribution in [0.2, 0.25) is 0 Å². The number of hydrogen-bond donors (Lipinski definition) is 3. The van der Waals surface area contributed by atoms with Crippen molar-refractivity contribution >= 4 is 11.9 Å². The number of carboxylic acids is 1. The summed E-state index contributed by atoms with van der Waals surface area (Å²) < 4.78 is 0. The molecule has 0 aliphatic carbocycles. The summed E-state index contributed by atoms with van der Waals surface area (Å²) in [4.78, 5) is 36.3. The molecule has 1 heterocycles. The predicted octanol–water partition coefficient (Wildman–Crippen LogP) is 0.134. The van der Waals surface area contributed by atoms with Crippen molar-refractivity contribution < 1.29 is 14.7 Å². The first-order chi connectivity index (χ1) is 7.91. The molecule has 17 heavy (non-hydrogen) atoms. The van der Waals surface area contributed by atoms with Crippen LogP contribution in [0.3, 0.4) is 0 Å². The number of carbonyl (C=O) groups excluding carboxylic acids is 1. The van der Waals surface area contributed by atoms with Gasteiger partial charge in [-0.2, -0.15) is 0 Å². The van der Waals surface area contributed by atoms with Crippen molar-refractivity contribution in [2.24, 2.45) is 5.92 Å². The summed E-state index contributed by atoms with van der Waals surface area (Å²) in [7, 11) is 0. The standard InChI is InChI=1S/C11H14N2O4/c1-6(11(16)17)4-13-10(15)8-5-12-7(2)3-9(8)14/h3,5-6H,4H2,1-2H3,(H,12,14)(H,13,15)(H,16,17). The third-order valence-electron chi connectivity index (χ3n) is 2.29. The van der Waals surface area contributed by atoms with Crippen LogP contribution >= 0.6 is 0 Å². The highest BCUT2D eigenvalue weighted by molar-refractivity contribution is 5.94. The lowest BCUT2D eigenvalue weighted by Gasteiger charge is -2.08. The second kappa shape index (κ2) is 5.29. The minimum atomic E-state index is -0.997. The van der Waals surface area contributed by atoms with Gasteiger partial charge in [0.25, 0.3) is 5.91 Å². The van der Waals surface area contributed by atoms with E-state index < -0.39 is 17.8 Å². The van der Waals surface area contributed by atoms with E-state index in [1.165, 1.54) is 19.2 Å². The number of H-pyrrole nitrogens is 1. The van der Waals surface area contributed by atoms with E-state index in [9.17, 15) is 14.4 Å². The highest BCUT2D eigenvalue weighted by Crippen LogP contribution is 1.95. The normalized spacial score (nSPS) is 11.9. The molecule has 1 unspecified atom stereocenters. The van der Waals surface area contributed by atoms with Crippen LogP contribution in [0, 0.1) is 12.8 Å².